The van der Waals surface area contributed by atoms with E-state index >= 15 is 0 Å². The third-order valence-corrected chi connectivity index (χ3v) is 3.98. The van der Waals surface area contributed by atoms with Crippen molar-refractivity contribution in [1.29, 1.82) is 0 Å². The lowest BCUT2D eigenvalue weighted by Gasteiger charge is -2.12. The fraction of sp³-hybridized carbons (Fsp3) is 0.231. The van der Waals surface area contributed by atoms with E-state index in [4.69, 9.17) is 0 Å². The Kier molecular flexibility index (Phi) is 4.31. The highest BCUT2D eigenvalue weighted by atomic mass is 79.9. The average Bonchev–Trinajstić information content (AvgIpc) is 2.84. The molecule has 0 aliphatic heterocycles. The molecule has 1 atom stereocenters. The molecule has 0 fully saturated rings. The Balaban J connectivity index is 1.96. The molecule has 2 aromatic rings. The van der Waals surface area contributed by atoms with Crippen LogP contribution in [0.5, 0.6) is 0 Å². The van der Waals surface area contributed by atoms with E-state index in [9.17, 15) is 4.39 Å². The van der Waals surface area contributed by atoms with E-state index < -0.39 is 0 Å². The van der Waals surface area contributed by atoms with Crippen LogP contribution in [0, 0.1) is 5.82 Å². The molecule has 0 aliphatic carbocycles. The number of rotatable bonds is 4. The first kappa shape index (κ1) is 12.7. The molecule has 0 saturated heterocycles. The molecule has 1 aromatic carbocycles. The predicted molar refractivity (Wildman–Crippen MR) is 73.7 cm³/mol. The summed E-state index contributed by atoms with van der Waals surface area (Å²) < 4.78 is 13.8. The van der Waals surface area contributed by atoms with Gasteiger partial charge in [0.2, 0.25) is 0 Å². The van der Waals surface area contributed by atoms with E-state index in [0.717, 1.165) is 5.56 Å². The molecule has 0 bridgehead atoms. The third-order valence-electron chi connectivity index (χ3n) is 2.64. The molecular formula is C13H13BrFNS. The highest BCUT2D eigenvalue weighted by Crippen LogP contribution is 2.18. The highest BCUT2D eigenvalue weighted by Gasteiger charge is 2.06. The summed E-state index contributed by atoms with van der Waals surface area (Å²) in [6.45, 7) is 2.78. The Labute approximate surface area is 113 Å². The van der Waals surface area contributed by atoms with Gasteiger partial charge in [-0.2, -0.15) is 11.3 Å². The molecule has 1 heterocycles. The number of nitrogens with one attached hydrogen (secondary N) is 1. The maximum absolute atomic E-state index is 13.3. The first-order valence-corrected chi connectivity index (χ1v) is 7.10. The zero-order valence-corrected chi connectivity index (χ0v) is 11.8. The predicted octanol–water partition coefficient (Wildman–Crippen LogP) is 4.50. The van der Waals surface area contributed by atoms with Gasteiger partial charge in [-0.3, -0.25) is 0 Å². The summed E-state index contributed by atoms with van der Waals surface area (Å²) in [5, 5.41) is 7.56. The quantitative estimate of drug-likeness (QED) is 0.876. The van der Waals surface area contributed by atoms with Gasteiger partial charge in [0.15, 0.2) is 0 Å². The lowest BCUT2D eigenvalue weighted by atomic mass is 10.1. The molecule has 0 aliphatic rings. The van der Waals surface area contributed by atoms with Gasteiger partial charge >= 0.3 is 0 Å². The van der Waals surface area contributed by atoms with Crippen molar-refractivity contribution in [2.75, 3.05) is 0 Å². The topological polar surface area (TPSA) is 12.0 Å². The molecule has 1 unspecified atom stereocenters. The minimum Gasteiger partial charge on any atom is -0.306 e. The second kappa shape index (κ2) is 5.76. The molecule has 0 radical (unpaired) electrons. The van der Waals surface area contributed by atoms with Crippen molar-refractivity contribution in [3.63, 3.8) is 0 Å². The smallest absolute Gasteiger partial charge is 0.137 e. The number of hydrogen-bond donors (Lipinski definition) is 1. The normalized spacial score (nSPS) is 12.6. The highest BCUT2D eigenvalue weighted by molar-refractivity contribution is 9.10. The lowest BCUT2D eigenvalue weighted by Crippen LogP contribution is -2.17. The van der Waals surface area contributed by atoms with Crippen LogP contribution >= 0.6 is 27.3 Å². The van der Waals surface area contributed by atoms with Crippen LogP contribution < -0.4 is 5.32 Å². The van der Waals surface area contributed by atoms with Gasteiger partial charge in [0.1, 0.15) is 5.82 Å². The minimum atomic E-state index is -0.215. The van der Waals surface area contributed by atoms with Crippen LogP contribution in [0.15, 0.2) is 39.5 Å². The van der Waals surface area contributed by atoms with Crippen LogP contribution in [0.4, 0.5) is 4.39 Å². The average molecular weight is 314 g/mol. The Morgan fingerprint density at radius 3 is 2.88 bits per heavy atom. The Morgan fingerprint density at radius 2 is 2.24 bits per heavy atom. The van der Waals surface area contributed by atoms with Crippen molar-refractivity contribution in [3.05, 3.63) is 56.4 Å². The lowest BCUT2D eigenvalue weighted by molar-refractivity contribution is 0.569. The molecular weight excluding hydrogens is 301 g/mol. The zero-order chi connectivity index (χ0) is 12.3. The van der Waals surface area contributed by atoms with Crippen molar-refractivity contribution in [1.82, 2.24) is 5.32 Å². The summed E-state index contributed by atoms with van der Waals surface area (Å²) >= 11 is 4.83. The molecule has 2 rings (SSSR count). The van der Waals surface area contributed by atoms with Crippen LogP contribution in [0.1, 0.15) is 24.1 Å². The second-order valence-corrected chi connectivity index (χ2v) is 5.54. The van der Waals surface area contributed by atoms with Crippen LogP contribution in [-0.2, 0) is 6.54 Å². The van der Waals surface area contributed by atoms with Crippen molar-refractivity contribution in [2.24, 2.45) is 0 Å². The fourth-order valence-corrected chi connectivity index (χ4v) is 2.56. The first-order chi connectivity index (χ1) is 8.16. The molecule has 0 saturated carbocycles. The van der Waals surface area contributed by atoms with E-state index in [0.29, 0.717) is 11.0 Å². The number of hydrogen-bond acceptors (Lipinski definition) is 2. The second-order valence-electron chi connectivity index (χ2n) is 3.91. The SMILES string of the molecule is CC(NCc1ccc(Br)c(F)c1)c1ccsc1. The molecule has 1 nitrogen and oxygen atoms in total. The summed E-state index contributed by atoms with van der Waals surface area (Å²) in [5.41, 5.74) is 2.22. The van der Waals surface area contributed by atoms with E-state index in [1.165, 1.54) is 5.56 Å². The van der Waals surface area contributed by atoms with Crippen molar-refractivity contribution in [3.8, 4) is 0 Å². The summed E-state index contributed by atoms with van der Waals surface area (Å²) in [7, 11) is 0. The molecule has 90 valence electrons. The fourth-order valence-electron chi connectivity index (χ4n) is 1.56. The summed E-state index contributed by atoms with van der Waals surface area (Å²) in [4.78, 5) is 0. The molecule has 17 heavy (non-hydrogen) atoms. The van der Waals surface area contributed by atoms with Crippen LogP contribution in [0.25, 0.3) is 0 Å². The Hall–Kier alpha value is -0.710. The first-order valence-electron chi connectivity index (χ1n) is 5.36. The van der Waals surface area contributed by atoms with Crippen molar-refractivity contribution < 1.29 is 4.39 Å². The van der Waals surface area contributed by atoms with Crippen LogP contribution in [0.2, 0.25) is 0 Å². The van der Waals surface area contributed by atoms with Crippen molar-refractivity contribution in [2.45, 2.75) is 19.5 Å². The van der Waals surface area contributed by atoms with Gasteiger partial charge in [-0.25, -0.2) is 4.39 Å². The summed E-state index contributed by atoms with van der Waals surface area (Å²) in [6, 6.07) is 7.59. The Bertz CT molecular complexity index is 484. The maximum atomic E-state index is 13.3. The standard InChI is InChI=1S/C13H13BrFNS/c1-9(11-4-5-17-8-11)16-7-10-2-3-12(14)13(15)6-10/h2-6,8-9,16H,7H2,1H3. The van der Waals surface area contributed by atoms with Crippen LogP contribution in [-0.4, -0.2) is 0 Å². The van der Waals surface area contributed by atoms with Crippen LogP contribution in [0.3, 0.4) is 0 Å². The van der Waals surface area contributed by atoms with Gasteiger partial charge in [-0.15, -0.1) is 0 Å². The summed E-state index contributed by atoms with van der Waals surface area (Å²) in [5.74, 6) is -0.215. The van der Waals surface area contributed by atoms with Gasteiger partial charge in [0, 0.05) is 12.6 Å². The van der Waals surface area contributed by atoms with E-state index in [-0.39, 0.29) is 11.9 Å². The number of halogens is 2. The third kappa shape index (κ3) is 3.37. The van der Waals surface area contributed by atoms with Gasteiger partial charge in [0.25, 0.3) is 0 Å². The molecule has 1 aromatic heterocycles. The monoisotopic (exact) mass is 313 g/mol. The molecule has 0 spiro atoms. The Morgan fingerprint density at radius 1 is 1.41 bits per heavy atom. The van der Waals surface area contributed by atoms with Gasteiger partial charge in [-0.05, 0) is 62.9 Å². The number of benzene rings is 1. The largest absolute Gasteiger partial charge is 0.306 e. The molecule has 1 N–H and O–H groups in total. The van der Waals surface area contributed by atoms with E-state index in [2.05, 4.69) is 45.0 Å². The summed E-state index contributed by atoms with van der Waals surface area (Å²) in [6.07, 6.45) is 0. The zero-order valence-electron chi connectivity index (χ0n) is 9.41. The molecule has 0 amide bonds. The maximum Gasteiger partial charge on any atom is 0.137 e. The van der Waals surface area contributed by atoms with E-state index in [1.54, 1.807) is 23.5 Å². The van der Waals surface area contributed by atoms with E-state index in [1.807, 2.05) is 6.07 Å². The minimum absolute atomic E-state index is 0.215. The van der Waals surface area contributed by atoms with Gasteiger partial charge in [0.05, 0.1) is 4.47 Å². The van der Waals surface area contributed by atoms with Gasteiger partial charge in [-0.1, -0.05) is 6.07 Å². The van der Waals surface area contributed by atoms with Crippen molar-refractivity contribution >= 4 is 27.3 Å². The molecule has 4 heteroatoms. The number of thiophene rings is 1. The van der Waals surface area contributed by atoms with Gasteiger partial charge < -0.3 is 5.32 Å².